The summed E-state index contributed by atoms with van der Waals surface area (Å²) in [5, 5.41) is 0. The van der Waals surface area contributed by atoms with E-state index in [4.69, 9.17) is 22.4 Å². The van der Waals surface area contributed by atoms with Gasteiger partial charge in [-0.25, -0.2) is 4.98 Å². The van der Waals surface area contributed by atoms with Crippen LogP contribution >= 0.6 is 12.2 Å². The quantitative estimate of drug-likeness (QED) is 0.825. The van der Waals surface area contributed by atoms with Gasteiger partial charge in [-0.2, -0.15) is 0 Å². The van der Waals surface area contributed by atoms with Crippen molar-refractivity contribution >= 4 is 23.1 Å². The van der Waals surface area contributed by atoms with Gasteiger partial charge in [-0.05, 0) is 20.8 Å². The van der Waals surface area contributed by atoms with E-state index in [9.17, 15) is 4.79 Å². The van der Waals surface area contributed by atoms with Crippen LogP contribution in [0.4, 0.5) is 0 Å². The molecule has 1 aromatic heterocycles. The fraction of sp³-hybridized carbons (Fsp3) is 0.583. The largest absolute Gasteiger partial charge is 0.436 e. The van der Waals surface area contributed by atoms with Crippen molar-refractivity contribution in [3.63, 3.8) is 0 Å². The normalized spacial score (nSPS) is 10.7. The molecule has 0 unspecified atom stereocenters. The van der Waals surface area contributed by atoms with Gasteiger partial charge in [0.15, 0.2) is 5.89 Å². The molecule has 18 heavy (non-hydrogen) atoms. The molecular formula is C12H19N3O2S. The molecule has 0 fully saturated rings. The van der Waals surface area contributed by atoms with E-state index in [-0.39, 0.29) is 11.9 Å². The van der Waals surface area contributed by atoms with Crippen LogP contribution < -0.4 is 5.73 Å². The molecule has 0 aromatic carbocycles. The van der Waals surface area contributed by atoms with Gasteiger partial charge >= 0.3 is 0 Å². The van der Waals surface area contributed by atoms with Gasteiger partial charge in [-0.15, -0.1) is 0 Å². The van der Waals surface area contributed by atoms with E-state index in [0.29, 0.717) is 35.3 Å². The first-order valence-electron chi connectivity index (χ1n) is 5.86. The Kier molecular flexibility index (Phi) is 4.84. The Labute approximate surface area is 112 Å². The Hall–Kier alpha value is -1.43. The van der Waals surface area contributed by atoms with E-state index in [1.807, 2.05) is 13.8 Å². The molecule has 6 heteroatoms. The second kappa shape index (κ2) is 5.95. The number of hydrogen-bond donors (Lipinski definition) is 1. The zero-order valence-corrected chi connectivity index (χ0v) is 12.0. The maximum atomic E-state index is 12.3. The number of nitrogens with two attached hydrogens (primary N) is 1. The van der Waals surface area contributed by atoms with E-state index in [2.05, 4.69) is 4.98 Å². The fourth-order valence-electron chi connectivity index (χ4n) is 1.69. The highest BCUT2D eigenvalue weighted by atomic mass is 32.1. The van der Waals surface area contributed by atoms with Gasteiger partial charge in [-0.3, -0.25) is 4.79 Å². The lowest BCUT2D eigenvalue weighted by Gasteiger charge is -2.25. The summed E-state index contributed by atoms with van der Waals surface area (Å²) in [4.78, 5) is 18.5. The first-order chi connectivity index (χ1) is 8.32. The molecule has 1 aromatic rings. The summed E-state index contributed by atoms with van der Waals surface area (Å²) >= 11 is 4.84. The van der Waals surface area contributed by atoms with Gasteiger partial charge in [0.05, 0.1) is 10.7 Å². The average Bonchev–Trinajstić information content (AvgIpc) is 2.56. The molecule has 0 radical (unpaired) electrons. The SMILES string of the molecule is Cc1nc(C)c(C(=O)N(CCC(N)=S)C(C)C)o1. The van der Waals surface area contributed by atoms with Crippen LogP contribution in [0.2, 0.25) is 0 Å². The maximum Gasteiger partial charge on any atom is 0.291 e. The van der Waals surface area contributed by atoms with Gasteiger partial charge in [0, 0.05) is 25.9 Å². The first-order valence-corrected chi connectivity index (χ1v) is 6.27. The van der Waals surface area contributed by atoms with Crippen molar-refractivity contribution < 1.29 is 9.21 Å². The summed E-state index contributed by atoms with van der Waals surface area (Å²) in [7, 11) is 0. The van der Waals surface area contributed by atoms with Crippen LogP contribution in [0.25, 0.3) is 0 Å². The Balaban J connectivity index is 2.89. The predicted molar refractivity (Wildman–Crippen MR) is 73.6 cm³/mol. The van der Waals surface area contributed by atoms with Crippen molar-refractivity contribution in [3.05, 3.63) is 17.3 Å². The van der Waals surface area contributed by atoms with Crippen LogP contribution in [-0.2, 0) is 0 Å². The number of aryl methyl sites for hydroxylation is 2. The molecular weight excluding hydrogens is 250 g/mol. The fourth-order valence-corrected chi connectivity index (χ4v) is 1.78. The van der Waals surface area contributed by atoms with Gasteiger partial charge in [0.1, 0.15) is 0 Å². The van der Waals surface area contributed by atoms with Gasteiger partial charge in [0.2, 0.25) is 5.76 Å². The van der Waals surface area contributed by atoms with Gasteiger partial charge in [-0.1, -0.05) is 12.2 Å². The lowest BCUT2D eigenvalue weighted by molar-refractivity contribution is 0.0676. The highest BCUT2D eigenvalue weighted by Crippen LogP contribution is 2.14. The van der Waals surface area contributed by atoms with Crippen molar-refractivity contribution in [2.45, 2.75) is 40.2 Å². The lowest BCUT2D eigenvalue weighted by atomic mass is 10.2. The van der Waals surface area contributed by atoms with Crippen molar-refractivity contribution in [3.8, 4) is 0 Å². The number of thiocarbonyl (C=S) groups is 1. The number of oxazole rings is 1. The summed E-state index contributed by atoms with van der Waals surface area (Å²) in [6.45, 7) is 7.85. The van der Waals surface area contributed by atoms with E-state index in [1.165, 1.54) is 0 Å². The zero-order valence-electron chi connectivity index (χ0n) is 11.2. The summed E-state index contributed by atoms with van der Waals surface area (Å²) in [6.07, 6.45) is 0.505. The van der Waals surface area contributed by atoms with E-state index in [1.54, 1.807) is 18.7 Å². The number of aromatic nitrogens is 1. The zero-order chi connectivity index (χ0) is 13.9. The van der Waals surface area contributed by atoms with Crippen LogP contribution in [0.3, 0.4) is 0 Å². The molecule has 0 spiro atoms. The molecule has 1 rings (SSSR count). The summed E-state index contributed by atoms with van der Waals surface area (Å²) in [6, 6.07) is 0.0525. The summed E-state index contributed by atoms with van der Waals surface area (Å²) < 4.78 is 5.35. The van der Waals surface area contributed by atoms with Crippen molar-refractivity contribution in [1.82, 2.24) is 9.88 Å². The van der Waals surface area contributed by atoms with E-state index >= 15 is 0 Å². The minimum Gasteiger partial charge on any atom is -0.436 e. The highest BCUT2D eigenvalue weighted by molar-refractivity contribution is 7.80. The molecule has 0 aliphatic rings. The van der Waals surface area contributed by atoms with Crippen molar-refractivity contribution in [2.75, 3.05) is 6.54 Å². The van der Waals surface area contributed by atoms with Crippen LogP contribution in [0.1, 0.15) is 42.4 Å². The monoisotopic (exact) mass is 269 g/mol. The Morgan fingerprint density at radius 3 is 2.50 bits per heavy atom. The van der Waals surface area contributed by atoms with Gasteiger partial charge < -0.3 is 15.1 Å². The van der Waals surface area contributed by atoms with Crippen molar-refractivity contribution in [1.29, 1.82) is 0 Å². The number of nitrogens with zero attached hydrogens (tertiary/aromatic N) is 2. The molecule has 0 aliphatic heterocycles. The standard InChI is InChI=1S/C12H19N3O2S/c1-7(2)15(6-5-10(13)18)12(16)11-8(3)14-9(4)17-11/h7H,5-6H2,1-4H3,(H2,13,18). The minimum absolute atomic E-state index is 0.0525. The Morgan fingerprint density at radius 2 is 2.11 bits per heavy atom. The number of carbonyl (C=O) groups is 1. The van der Waals surface area contributed by atoms with Crippen LogP contribution in [0, 0.1) is 13.8 Å². The Bertz CT molecular complexity index is 454. The molecule has 0 aliphatic carbocycles. The lowest BCUT2D eigenvalue weighted by Crippen LogP contribution is -2.39. The average molecular weight is 269 g/mol. The third-order valence-corrected chi connectivity index (χ3v) is 2.79. The molecule has 0 saturated heterocycles. The molecule has 2 N–H and O–H groups in total. The number of rotatable bonds is 5. The minimum atomic E-state index is -0.167. The van der Waals surface area contributed by atoms with Gasteiger partial charge in [0.25, 0.3) is 5.91 Å². The van der Waals surface area contributed by atoms with Crippen LogP contribution in [0.5, 0.6) is 0 Å². The third kappa shape index (κ3) is 3.53. The van der Waals surface area contributed by atoms with Crippen LogP contribution in [-0.4, -0.2) is 33.4 Å². The molecule has 1 amide bonds. The highest BCUT2D eigenvalue weighted by Gasteiger charge is 2.24. The van der Waals surface area contributed by atoms with Crippen LogP contribution in [0.15, 0.2) is 4.42 Å². The second-order valence-corrected chi connectivity index (χ2v) is 4.98. The smallest absolute Gasteiger partial charge is 0.291 e. The molecule has 0 saturated carbocycles. The third-order valence-electron chi connectivity index (χ3n) is 2.58. The summed E-state index contributed by atoms with van der Waals surface area (Å²) in [5.74, 6) is 0.623. The number of amides is 1. The number of hydrogen-bond acceptors (Lipinski definition) is 4. The molecule has 1 heterocycles. The topological polar surface area (TPSA) is 72.4 Å². The second-order valence-electron chi connectivity index (χ2n) is 4.46. The Morgan fingerprint density at radius 1 is 1.50 bits per heavy atom. The molecule has 0 bridgehead atoms. The van der Waals surface area contributed by atoms with E-state index < -0.39 is 0 Å². The molecule has 5 nitrogen and oxygen atoms in total. The molecule has 0 atom stereocenters. The molecule has 100 valence electrons. The maximum absolute atomic E-state index is 12.3. The van der Waals surface area contributed by atoms with Crippen molar-refractivity contribution in [2.24, 2.45) is 5.73 Å². The first kappa shape index (κ1) is 14.6. The van der Waals surface area contributed by atoms with E-state index in [0.717, 1.165) is 0 Å². The summed E-state index contributed by atoms with van der Waals surface area (Å²) in [5.41, 5.74) is 6.08. The number of carbonyl (C=O) groups excluding carboxylic acids is 1. The predicted octanol–water partition coefficient (Wildman–Crippen LogP) is 1.82.